The summed E-state index contributed by atoms with van der Waals surface area (Å²) >= 11 is 6.19. The first-order valence-electron chi connectivity index (χ1n) is 7.05. The number of rotatable bonds is 4. The maximum Gasteiger partial charge on any atom is 0.332 e. The predicted octanol–water partition coefficient (Wildman–Crippen LogP) is 0.591. The summed E-state index contributed by atoms with van der Waals surface area (Å²) in [4.78, 5) is 28.8. The highest BCUT2D eigenvalue weighted by molar-refractivity contribution is 6.29. The molecule has 0 spiro atoms. The molecule has 0 bridgehead atoms. The van der Waals surface area contributed by atoms with Gasteiger partial charge in [0.15, 0.2) is 11.2 Å². The number of hydrogen-bond acceptors (Lipinski definition) is 4. The number of aromatic nitrogens is 4. The minimum absolute atomic E-state index is 0.0438. The van der Waals surface area contributed by atoms with E-state index in [1.807, 2.05) is 30.3 Å². The molecule has 3 rings (SSSR count). The van der Waals surface area contributed by atoms with Crippen LogP contribution in [0.5, 0.6) is 0 Å². The summed E-state index contributed by atoms with van der Waals surface area (Å²) < 4.78 is 3.82. The molecule has 120 valence electrons. The molecule has 0 aliphatic carbocycles. The quantitative estimate of drug-likeness (QED) is 0.708. The first-order chi connectivity index (χ1) is 11.0. The van der Waals surface area contributed by atoms with Crippen LogP contribution in [0.4, 0.5) is 0 Å². The molecule has 23 heavy (non-hydrogen) atoms. The van der Waals surface area contributed by atoms with Crippen LogP contribution in [0.15, 0.2) is 39.9 Å². The van der Waals surface area contributed by atoms with E-state index in [-0.39, 0.29) is 29.6 Å². The van der Waals surface area contributed by atoms with Crippen LogP contribution in [0.2, 0.25) is 5.28 Å². The summed E-state index contributed by atoms with van der Waals surface area (Å²) in [5.41, 5.74) is 0.394. The van der Waals surface area contributed by atoms with Crippen molar-refractivity contribution < 1.29 is 5.11 Å². The first-order valence-corrected chi connectivity index (χ1v) is 7.42. The molecule has 7 nitrogen and oxygen atoms in total. The Kier molecular flexibility index (Phi) is 4.06. The van der Waals surface area contributed by atoms with Crippen LogP contribution in [-0.2, 0) is 20.1 Å². The van der Waals surface area contributed by atoms with Gasteiger partial charge in [-0.2, -0.15) is 4.98 Å². The van der Waals surface area contributed by atoms with Crippen LogP contribution in [0.1, 0.15) is 5.56 Å². The summed E-state index contributed by atoms with van der Waals surface area (Å²) in [5.74, 6) is 0. The number of benzene rings is 1. The van der Waals surface area contributed by atoms with Crippen molar-refractivity contribution in [1.29, 1.82) is 0 Å². The zero-order chi connectivity index (χ0) is 16.6. The van der Waals surface area contributed by atoms with Gasteiger partial charge in [0.25, 0.3) is 5.56 Å². The standard InChI is InChI=1S/C15H15ClN4O3/c1-18-13(22)11-12(19(7-8-21)15(18)23)17-14(16)20(11)9-10-5-3-2-4-6-10/h2-6,21H,7-9H2,1H3. The molecule has 0 fully saturated rings. The zero-order valence-corrected chi connectivity index (χ0v) is 13.2. The molecule has 0 unspecified atom stereocenters. The molecule has 1 N–H and O–H groups in total. The Morgan fingerprint density at radius 3 is 2.52 bits per heavy atom. The van der Waals surface area contributed by atoms with Gasteiger partial charge in [0.1, 0.15) is 0 Å². The van der Waals surface area contributed by atoms with E-state index in [4.69, 9.17) is 16.7 Å². The summed E-state index contributed by atoms with van der Waals surface area (Å²) in [6.45, 7) is 0.168. The molecule has 2 aromatic heterocycles. The van der Waals surface area contributed by atoms with Crippen LogP contribution in [0.3, 0.4) is 0 Å². The van der Waals surface area contributed by atoms with Crippen LogP contribution in [0.25, 0.3) is 11.2 Å². The minimum atomic E-state index is -0.530. The summed E-state index contributed by atoms with van der Waals surface area (Å²) in [6, 6.07) is 9.51. The average molecular weight is 335 g/mol. The van der Waals surface area contributed by atoms with Crippen molar-refractivity contribution in [2.24, 2.45) is 7.05 Å². The lowest BCUT2D eigenvalue weighted by Gasteiger charge is -2.09. The summed E-state index contributed by atoms with van der Waals surface area (Å²) in [6.07, 6.45) is 0. The van der Waals surface area contributed by atoms with E-state index in [0.29, 0.717) is 6.54 Å². The highest BCUT2D eigenvalue weighted by Crippen LogP contribution is 2.18. The van der Waals surface area contributed by atoms with Gasteiger partial charge in [-0.1, -0.05) is 30.3 Å². The molecule has 8 heteroatoms. The molecule has 1 aromatic carbocycles. The maximum absolute atomic E-state index is 12.5. The fourth-order valence-corrected chi connectivity index (χ4v) is 2.77. The van der Waals surface area contributed by atoms with E-state index in [0.717, 1.165) is 10.1 Å². The van der Waals surface area contributed by atoms with Crippen molar-refractivity contribution in [3.05, 3.63) is 62.0 Å². The van der Waals surface area contributed by atoms with Crippen LogP contribution < -0.4 is 11.2 Å². The Morgan fingerprint density at radius 2 is 1.87 bits per heavy atom. The van der Waals surface area contributed by atoms with Crippen LogP contribution >= 0.6 is 11.6 Å². The molecule has 0 aliphatic rings. The van der Waals surface area contributed by atoms with E-state index >= 15 is 0 Å². The van der Waals surface area contributed by atoms with E-state index in [2.05, 4.69) is 4.98 Å². The van der Waals surface area contributed by atoms with Crippen LogP contribution in [0, 0.1) is 0 Å². The van der Waals surface area contributed by atoms with E-state index in [1.165, 1.54) is 11.6 Å². The van der Waals surface area contributed by atoms with Gasteiger partial charge < -0.3 is 9.67 Å². The molecule has 3 aromatic rings. The minimum Gasteiger partial charge on any atom is -0.395 e. The number of nitrogens with zero attached hydrogens (tertiary/aromatic N) is 4. The largest absolute Gasteiger partial charge is 0.395 e. The van der Waals surface area contributed by atoms with Gasteiger partial charge in [-0.25, -0.2) is 4.79 Å². The van der Waals surface area contributed by atoms with Gasteiger partial charge in [0.05, 0.1) is 19.7 Å². The number of halogens is 1. The number of aliphatic hydroxyl groups is 1. The van der Waals surface area contributed by atoms with Crippen molar-refractivity contribution in [2.75, 3.05) is 6.61 Å². The van der Waals surface area contributed by atoms with Crippen molar-refractivity contribution in [2.45, 2.75) is 13.1 Å². The van der Waals surface area contributed by atoms with Gasteiger partial charge in [0, 0.05) is 7.05 Å². The fraction of sp³-hybridized carbons (Fsp3) is 0.267. The van der Waals surface area contributed by atoms with E-state index in [9.17, 15) is 9.59 Å². The fourth-order valence-electron chi connectivity index (χ4n) is 2.54. The summed E-state index contributed by atoms with van der Waals surface area (Å²) in [5, 5.41) is 9.28. The second-order valence-electron chi connectivity index (χ2n) is 5.15. The summed E-state index contributed by atoms with van der Waals surface area (Å²) in [7, 11) is 1.39. The van der Waals surface area contributed by atoms with Crippen molar-refractivity contribution >= 4 is 22.8 Å². The second kappa shape index (κ2) is 6.02. The Bertz CT molecular complexity index is 972. The van der Waals surface area contributed by atoms with Gasteiger partial charge in [-0.15, -0.1) is 0 Å². The zero-order valence-electron chi connectivity index (χ0n) is 12.4. The molecular weight excluding hydrogens is 320 g/mol. The Hall–Kier alpha value is -2.38. The predicted molar refractivity (Wildman–Crippen MR) is 86.9 cm³/mol. The monoisotopic (exact) mass is 334 g/mol. The smallest absolute Gasteiger partial charge is 0.332 e. The van der Waals surface area contributed by atoms with Crippen molar-refractivity contribution in [1.82, 2.24) is 18.7 Å². The second-order valence-corrected chi connectivity index (χ2v) is 5.48. The van der Waals surface area contributed by atoms with Crippen molar-refractivity contribution in [3.8, 4) is 0 Å². The lowest BCUT2D eigenvalue weighted by atomic mass is 10.2. The molecule has 0 atom stereocenters. The van der Waals surface area contributed by atoms with Crippen LogP contribution in [-0.4, -0.2) is 30.4 Å². The first kappa shape index (κ1) is 15.5. The Balaban J connectivity index is 2.30. The highest BCUT2D eigenvalue weighted by Gasteiger charge is 2.19. The third kappa shape index (κ3) is 2.58. The lowest BCUT2D eigenvalue weighted by molar-refractivity contribution is 0.274. The number of hydrogen-bond donors (Lipinski definition) is 1. The molecule has 0 radical (unpaired) electrons. The van der Waals surface area contributed by atoms with Gasteiger partial charge in [-0.05, 0) is 17.2 Å². The van der Waals surface area contributed by atoms with Crippen molar-refractivity contribution in [3.63, 3.8) is 0 Å². The molecular formula is C15H15ClN4O3. The number of imidazole rings is 1. The molecule has 2 heterocycles. The van der Waals surface area contributed by atoms with Gasteiger partial charge >= 0.3 is 5.69 Å². The van der Waals surface area contributed by atoms with E-state index < -0.39 is 11.2 Å². The molecule has 0 aliphatic heterocycles. The molecule has 0 saturated heterocycles. The third-order valence-electron chi connectivity index (χ3n) is 3.69. The maximum atomic E-state index is 12.5. The third-order valence-corrected chi connectivity index (χ3v) is 3.98. The normalized spacial score (nSPS) is 11.3. The number of fused-ring (bicyclic) bond motifs is 1. The SMILES string of the molecule is Cn1c(=O)c2c(nc(Cl)n2Cc2ccccc2)n(CCO)c1=O. The average Bonchev–Trinajstić information content (AvgIpc) is 2.87. The topological polar surface area (TPSA) is 82.1 Å². The molecule has 0 amide bonds. The Labute approximate surface area is 136 Å². The van der Waals surface area contributed by atoms with Gasteiger partial charge in [-0.3, -0.25) is 13.9 Å². The highest BCUT2D eigenvalue weighted by atomic mass is 35.5. The Morgan fingerprint density at radius 1 is 1.17 bits per heavy atom. The van der Waals surface area contributed by atoms with Gasteiger partial charge in [0.2, 0.25) is 5.28 Å². The molecule has 0 saturated carbocycles. The number of aliphatic hydroxyl groups excluding tert-OH is 1. The lowest BCUT2D eigenvalue weighted by Crippen LogP contribution is -2.39. The van der Waals surface area contributed by atoms with E-state index in [1.54, 1.807) is 4.57 Å².